The number of carbonyl (C=O) groups excluding carboxylic acids is 1. The van der Waals surface area contributed by atoms with Gasteiger partial charge in [-0.2, -0.15) is 0 Å². The summed E-state index contributed by atoms with van der Waals surface area (Å²) in [6, 6.07) is 7.10. The molecule has 0 amide bonds. The Morgan fingerprint density at radius 2 is 2.14 bits per heavy atom. The molecule has 2 nitrogen and oxygen atoms in total. The van der Waals surface area contributed by atoms with E-state index in [1.54, 1.807) is 12.1 Å². The maximum atomic E-state index is 13.5. The van der Waals surface area contributed by atoms with Crippen LogP contribution in [0.5, 0.6) is 0 Å². The summed E-state index contributed by atoms with van der Waals surface area (Å²) in [4.78, 5) is 10.8. The van der Waals surface area contributed by atoms with Crippen molar-refractivity contribution in [1.29, 1.82) is 0 Å². The Kier molecular flexibility index (Phi) is 3.63. The summed E-state index contributed by atoms with van der Waals surface area (Å²) >= 11 is 0. The van der Waals surface area contributed by atoms with E-state index in [4.69, 9.17) is 0 Å². The highest BCUT2D eigenvalue weighted by Gasteiger charge is 2.16. The molecule has 0 heterocycles. The number of hydrogen-bond acceptors (Lipinski definition) is 2. The minimum Gasteiger partial charge on any atom is -0.469 e. The zero-order valence-corrected chi connectivity index (χ0v) is 8.29. The van der Waals surface area contributed by atoms with Crippen LogP contribution < -0.4 is 0 Å². The van der Waals surface area contributed by atoms with Crippen LogP contribution in [0.4, 0.5) is 4.39 Å². The maximum absolute atomic E-state index is 13.5. The van der Waals surface area contributed by atoms with Crippen molar-refractivity contribution < 1.29 is 13.9 Å². The second-order valence-corrected chi connectivity index (χ2v) is 3.10. The van der Waals surface area contributed by atoms with Crippen LogP contribution in [-0.2, 0) is 9.53 Å². The van der Waals surface area contributed by atoms with E-state index in [0.717, 1.165) is 5.56 Å². The number of ether oxygens (including phenoxy) is 1. The fourth-order valence-electron chi connectivity index (χ4n) is 1.28. The molecule has 0 saturated heterocycles. The summed E-state index contributed by atoms with van der Waals surface area (Å²) in [5, 5.41) is 0. The molecule has 1 atom stereocenters. The Bertz CT molecular complexity index is 323. The summed E-state index contributed by atoms with van der Waals surface area (Å²) < 4.78 is 17.9. The number of carbonyl (C=O) groups is 1. The first-order valence-corrected chi connectivity index (χ1v) is 4.41. The number of halogens is 1. The molecule has 0 aliphatic carbocycles. The van der Waals surface area contributed by atoms with Gasteiger partial charge in [0.25, 0.3) is 0 Å². The molecule has 0 radical (unpaired) electrons. The van der Waals surface area contributed by atoms with Gasteiger partial charge in [0.1, 0.15) is 6.17 Å². The minimum atomic E-state index is -1.27. The summed E-state index contributed by atoms with van der Waals surface area (Å²) in [7, 11) is 1.26. The fourth-order valence-corrected chi connectivity index (χ4v) is 1.28. The van der Waals surface area contributed by atoms with Crippen molar-refractivity contribution in [3.63, 3.8) is 0 Å². The van der Waals surface area contributed by atoms with Gasteiger partial charge in [-0.15, -0.1) is 0 Å². The van der Waals surface area contributed by atoms with Crippen molar-refractivity contribution in [1.82, 2.24) is 0 Å². The highest BCUT2D eigenvalue weighted by molar-refractivity contribution is 5.70. The van der Waals surface area contributed by atoms with Gasteiger partial charge in [-0.1, -0.05) is 24.3 Å². The Morgan fingerprint density at radius 1 is 1.50 bits per heavy atom. The van der Waals surface area contributed by atoms with Gasteiger partial charge in [0.05, 0.1) is 13.5 Å². The van der Waals surface area contributed by atoms with E-state index in [1.807, 2.05) is 19.1 Å². The summed E-state index contributed by atoms with van der Waals surface area (Å²) in [5.41, 5.74) is 1.40. The molecule has 0 saturated carbocycles. The molecule has 0 aromatic heterocycles. The number of benzene rings is 1. The Labute approximate surface area is 82.7 Å². The second-order valence-electron chi connectivity index (χ2n) is 3.10. The summed E-state index contributed by atoms with van der Waals surface area (Å²) in [5.74, 6) is -0.527. The van der Waals surface area contributed by atoms with Gasteiger partial charge in [-0.05, 0) is 18.1 Å². The maximum Gasteiger partial charge on any atom is 0.308 e. The van der Waals surface area contributed by atoms with Crippen LogP contribution in [0.2, 0.25) is 0 Å². The zero-order valence-electron chi connectivity index (χ0n) is 8.29. The molecular formula is C11H13FO2. The molecule has 3 heteroatoms. The zero-order chi connectivity index (χ0) is 10.6. The first kappa shape index (κ1) is 10.7. The third kappa shape index (κ3) is 2.55. The van der Waals surface area contributed by atoms with E-state index in [2.05, 4.69) is 4.74 Å². The molecule has 0 bridgehead atoms. The van der Waals surface area contributed by atoms with Gasteiger partial charge >= 0.3 is 5.97 Å². The number of aryl methyl sites for hydroxylation is 1. The molecule has 0 spiro atoms. The van der Waals surface area contributed by atoms with E-state index in [-0.39, 0.29) is 6.42 Å². The molecule has 0 N–H and O–H groups in total. The van der Waals surface area contributed by atoms with E-state index in [1.165, 1.54) is 7.11 Å². The Hall–Kier alpha value is -1.38. The van der Waals surface area contributed by atoms with Crippen molar-refractivity contribution >= 4 is 5.97 Å². The first-order valence-electron chi connectivity index (χ1n) is 4.41. The number of alkyl halides is 1. The van der Waals surface area contributed by atoms with Gasteiger partial charge in [0, 0.05) is 0 Å². The Morgan fingerprint density at radius 3 is 2.71 bits per heavy atom. The van der Waals surface area contributed by atoms with Crippen LogP contribution in [0.15, 0.2) is 24.3 Å². The topological polar surface area (TPSA) is 26.3 Å². The number of esters is 1. The molecular weight excluding hydrogens is 183 g/mol. The van der Waals surface area contributed by atoms with Crippen molar-refractivity contribution in [2.24, 2.45) is 0 Å². The van der Waals surface area contributed by atoms with Gasteiger partial charge in [0.2, 0.25) is 0 Å². The number of methoxy groups -OCH3 is 1. The SMILES string of the molecule is COC(=O)CC(F)c1ccccc1C. The average Bonchev–Trinajstić information content (AvgIpc) is 2.18. The third-order valence-corrected chi connectivity index (χ3v) is 2.10. The predicted molar refractivity (Wildman–Crippen MR) is 51.7 cm³/mol. The average molecular weight is 196 g/mol. The van der Waals surface area contributed by atoms with Gasteiger partial charge in [-0.25, -0.2) is 4.39 Å². The predicted octanol–water partition coefficient (Wildman–Crippen LogP) is 2.57. The normalized spacial score (nSPS) is 12.2. The van der Waals surface area contributed by atoms with Crippen LogP contribution in [0, 0.1) is 6.92 Å². The summed E-state index contributed by atoms with van der Waals surface area (Å²) in [6.07, 6.45) is -1.50. The number of rotatable bonds is 3. The van der Waals surface area contributed by atoms with Crippen molar-refractivity contribution in [3.8, 4) is 0 Å². The van der Waals surface area contributed by atoms with E-state index in [9.17, 15) is 9.18 Å². The molecule has 14 heavy (non-hydrogen) atoms. The van der Waals surface area contributed by atoms with Gasteiger partial charge < -0.3 is 4.74 Å². The molecule has 0 fully saturated rings. The lowest BCUT2D eigenvalue weighted by molar-refractivity contribution is -0.141. The highest BCUT2D eigenvalue weighted by Crippen LogP contribution is 2.24. The van der Waals surface area contributed by atoms with Gasteiger partial charge in [-0.3, -0.25) is 4.79 Å². The summed E-state index contributed by atoms with van der Waals surface area (Å²) in [6.45, 7) is 1.82. The molecule has 1 aromatic rings. The molecule has 76 valence electrons. The van der Waals surface area contributed by atoms with E-state index in [0.29, 0.717) is 5.56 Å². The van der Waals surface area contributed by atoms with Crippen LogP contribution in [-0.4, -0.2) is 13.1 Å². The standard InChI is InChI=1S/C11H13FO2/c1-8-5-3-4-6-9(8)10(12)7-11(13)14-2/h3-6,10H,7H2,1-2H3. The minimum absolute atomic E-state index is 0.221. The second kappa shape index (κ2) is 4.74. The molecule has 0 aliphatic rings. The molecule has 1 unspecified atom stereocenters. The van der Waals surface area contributed by atoms with Crippen LogP contribution in [0.3, 0.4) is 0 Å². The fraction of sp³-hybridized carbons (Fsp3) is 0.364. The smallest absolute Gasteiger partial charge is 0.308 e. The van der Waals surface area contributed by atoms with E-state index >= 15 is 0 Å². The van der Waals surface area contributed by atoms with E-state index < -0.39 is 12.1 Å². The van der Waals surface area contributed by atoms with Crippen LogP contribution in [0.1, 0.15) is 23.7 Å². The first-order chi connectivity index (χ1) is 6.65. The molecule has 1 aromatic carbocycles. The quantitative estimate of drug-likeness (QED) is 0.694. The van der Waals surface area contributed by atoms with Crippen LogP contribution in [0.25, 0.3) is 0 Å². The van der Waals surface area contributed by atoms with Gasteiger partial charge in [0.15, 0.2) is 0 Å². The Balaban J connectivity index is 2.74. The lowest BCUT2D eigenvalue weighted by atomic mass is 10.0. The largest absolute Gasteiger partial charge is 0.469 e. The third-order valence-electron chi connectivity index (χ3n) is 2.10. The molecule has 1 rings (SSSR count). The van der Waals surface area contributed by atoms with Crippen LogP contribution >= 0.6 is 0 Å². The highest BCUT2D eigenvalue weighted by atomic mass is 19.1. The van der Waals surface area contributed by atoms with Crippen molar-refractivity contribution in [2.45, 2.75) is 19.5 Å². The number of hydrogen-bond donors (Lipinski definition) is 0. The van der Waals surface area contributed by atoms with Crippen molar-refractivity contribution in [3.05, 3.63) is 35.4 Å². The lowest BCUT2D eigenvalue weighted by Gasteiger charge is -2.09. The monoisotopic (exact) mass is 196 g/mol. The molecule has 0 aliphatic heterocycles. The lowest BCUT2D eigenvalue weighted by Crippen LogP contribution is -2.06. The van der Waals surface area contributed by atoms with Crippen molar-refractivity contribution in [2.75, 3.05) is 7.11 Å².